The zero-order chi connectivity index (χ0) is 23.3. The zero-order valence-electron chi connectivity index (χ0n) is 19.1. The van der Waals surface area contributed by atoms with Crippen LogP contribution in [0.4, 0.5) is 0 Å². The molecule has 1 aliphatic heterocycles. The molecule has 0 saturated carbocycles. The molecule has 5 rings (SSSR count). The van der Waals surface area contributed by atoms with Crippen molar-refractivity contribution >= 4 is 10.9 Å². The number of aromatic nitrogens is 3. The van der Waals surface area contributed by atoms with Crippen LogP contribution in [0.5, 0.6) is 5.75 Å². The van der Waals surface area contributed by atoms with Gasteiger partial charge in [-0.1, -0.05) is 30.3 Å². The standard InChI is InChI=1S/C27H28N4O3/c32-26-18-23(34-19-21-7-2-1-3-8-21)11-16-31(26)22-9-10-24-25(17-22)28-20-30(27(24)33)15-6-14-29-12-4-5-13-29/h1-3,7-11,16-18,20H,4-6,12-15,19H2. The van der Waals surface area contributed by atoms with E-state index in [1.54, 1.807) is 41.4 Å². The average Bonchev–Trinajstić information content (AvgIpc) is 3.38. The van der Waals surface area contributed by atoms with Gasteiger partial charge in [-0.3, -0.25) is 18.7 Å². The van der Waals surface area contributed by atoms with Gasteiger partial charge in [-0.05, 0) is 68.7 Å². The molecule has 1 saturated heterocycles. The third-order valence-electron chi connectivity index (χ3n) is 6.30. The van der Waals surface area contributed by atoms with E-state index >= 15 is 0 Å². The van der Waals surface area contributed by atoms with Crippen LogP contribution in [-0.2, 0) is 13.2 Å². The number of hydrogen-bond acceptors (Lipinski definition) is 5. The molecule has 1 aliphatic rings. The zero-order valence-corrected chi connectivity index (χ0v) is 19.1. The second-order valence-electron chi connectivity index (χ2n) is 8.69. The van der Waals surface area contributed by atoms with Crippen molar-refractivity contribution in [2.75, 3.05) is 19.6 Å². The molecule has 0 spiro atoms. The monoisotopic (exact) mass is 456 g/mol. The van der Waals surface area contributed by atoms with Gasteiger partial charge < -0.3 is 9.64 Å². The Morgan fingerprint density at radius 2 is 1.74 bits per heavy atom. The van der Waals surface area contributed by atoms with Crippen LogP contribution < -0.4 is 15.9 Å². The highest BCUT2D eigenvalue weighted by Gasteiger charge is 2.12. The number of benzene rings is 2. The maximum Gasteiger partial charge on any atom is 0.261 e. The van der Waals surface area contributed by atoms with Crippen LogP contribution in [0.3, 0.4) is 0 Å². The first-order valence-electron chi connectivity index (χ1n) is 11.8. The highest BCUT2D eigenvalue weighted by Crippen LogP contribution is 2.16. The van der Waals surface area contributed by atoms with E-state index in [9.17, 15) is 9.59 Å². The van der Waals surface area contributed by atoms with Crippen LogP contribution in [0.1, 0.15) is 24.8 Å². The summed E-state index contributed by atoms with van der Waals surface area (Å²) in [5, 5.41) is 0.559. The van der Waals surface area contributed by atoms with Gasteiger partial charge >= 0.3 is 0 Å². The molecule has 0 unspecified atom stereocenters. The number of aryl methyl sites for hydroxylation is 1. The van der Waals surface area contributed by atoms with E-state index in [-0.39, 0.29) is 11.1 Å². The average molecular weight is 457 g/mol. The highest BCUT2D eigenvalue weighted by molar-refractivity contribution is 5.79. The second-order valence-corrected chi connectivity index (χ2v) is 8.69. The Bertz CT molecular complexity index is 1390. The Morgan fingerprint density at radius 3 is 2.53 bits per heavy atom. The first-order chi connectivity index (χ1) is 16.7. The fourth-order valence-corrected chi connectivity index (χ4v) is 4.43. The van der Waals surface area contributed by atoms with E-state index in [4.69, 9.17) is 4.74 Å². The van der Waals surface area contributed by atoms with E-state index < -0.39 is 0 Å². The second kappa shape index (κ2) is 10.1. The number of nitrogens with zero attached hydrogens (tertiary/aromatic N) is 4. The summed E-state index contributed by atoms with van der Waals surface area (Å²) in [4.78, 5) is 32.6. The van der Waals surface area contributed by atoms with E-state index in [1.165, 1.54) is 23.5 Å². The summed E-state index contributed by atoms with van der Waals surface area (Å²) >= 11 is 0. The molecule has 0 bridgehead atoms. The molecule has 4 aromatic rings. The summed E-state index contributed by atoms with van der Waals surface area (Å²) in [6, 6.07) is 18.4. The number of pyridine rings is 1. The van der Waals surface area contributed by atoms with Gasteiger partial charge in [-0.15, -0.1) is 0 Å². The first-order valence-corrected chi connectivity index (χ1v) is 11.8. The Balaban J connectivity index is 1.30. The molecule has 2 aromatic heterocycles. The minimum atomic E-state index is -0.208. The van der Waals surface area contributed by atoms with Gasteiger partial charge in [0.2, 0.25) is 0 Å². The maximum absolute atomic E-state index is 12.9. The number of hydrogen-bond donors (Lipinski definition) is 0. The molecular formula is C27H28N4O3. The van der Waals surface area contributed by atoms with Crippen molar-refractivity contribution < 1.29 is 4.74 Å². The summed E-state index contributed by atoms with van der Waals surface area (Å²) in [5.41, 5.74) is 2.02. The Labute approximate surface area is 197 Å². The summed E-state index contributed by atoms with van der Waals surface area (Å²) in [6.07, 6.45) is 6.77. The van der Waals surface area contributed by atoms with Crippen molar-refractivity contribution in [1.82, 2.24) is 19.0 Å². The third kappa shape index (κ3) is 4.94. The Kier molecular flexibility index (Phi) is 6.53. The lowest BCUT2D eigenvalue weighted by molar-refractivity contribution is 0.305. The van der Waals surface area contributed by atoms with Crippen molar-refractivity contribution in [2.45, 2.75) is 32.4 Å². The summed E-state index contributed by atoms with van der Waals surface area (Å²) in [7, 11) is 0. The minimum Gasteiger partial charge on any atom is -0.489 e. The van der Waals surface area contributed by atoms with Crippen molar-refractivity contribution in [1.29, 1.82) is 0 Å². The summed E-state index contributed by atoms with van der Waals surface area (Å²) < 4.78 is 8.96. The van der Waals surface area contributed by atoms with Crippen LogP contribution in [-0.4, -0.2) is 38.7 Å². The molecule has 7 heteroatoms. The van der Waals surface area contributed by atoms with Crippen molar-refractivity contribution in [3.8, 4) is 11.4 Å². The molecule has 0 N–H and O–H groups in total. The Morgan fingerprint density at radius 1 is 0.912 bits per heavy atom. The molecule has 34 heavy (non-hydrogen) atoms. The smallest absolute Gasteiger partial charge is 0.261 e. The van der Waals surface area contributed by atoms with Crippen LogP contribution in [0, 0.1) is 0 Å². The number of ether oxygens (including phenoxy) is 1. The summed E-state index contributed by atoms with van der Waals surface area (Å²) in [5.74, 6) is 0.515. The first kappa shape index (κ1) is 22.1. The van der Waals surface area contributed by atoms with E-state index in [1.807, 2.05) is 30.3 Å². The van der Waals surface area contributed by atoms with E-state index in [0.717, 1.165) is 31.6 Å². The predicted molar refractivity (Wildman–Crippen MR) is 133 cm³/mol. The normalized spacial score (nSPS) is 14.0. The lowest BCUT2D eigenvalue weighted by Gasteiger charge is -2.14. The van der Waals surface area contributed by atoms with Gasteiger partial charge in [0.15, 0.2) is 0 Å². The highest BCUT2D eigenvalue weighted by atomic mass is 16.5. The number of rotatable bonds is 8. The molecule has 3 heterocycles. The topological polar surface area (TPSA) is 69.4 Å². The van der Waals surface area contributed by atoms with Crippen molar-refractivity contribution in [3.63, 3.8) is 0 Å². The van der Waals surface area contributed by atoms with Crippen LogP contribution in [0.25, 0.3) is 16.6 Å². The van der Waals surface area contributed by atoms with Crippen LogP contribution in [0.15, 0.2) is 82.8 Å². The molecule has 2 aromatic carbocycles. The van der Waals surface area contributed by atoms with Gasteiger partial charge in [0, 0.05) is 18.8 Å². The SMILES string of the molecule is O=c1c2ccc(-n3ccc(OCc4ccccc4)cc3=O)cc2ncn1CCCN1CCCC1. The molecule has 0 radical (unpaired) electrons. The molecule has 174 valence electrons. The number of likely N-dealkylation sites (tertiary alicyclic amines) is 1. The molecular weight excluding hydrogens is 428 g/mol. The van der Waals surface area contributed by atoms with Gasteiger partial charge in [-0.2, -0.15) is 0 Å². The van der Waals surface area contributed by atoms with E-state index in [0.29, 0.717) is 35.5 Å². The molecule has 0 aliphatic carbocycles. The van der Waals surface area contributed by atoms with Gasteiger partial charge in [0.1, 0.15) is 12.4 Å². The fourth-order valence-electron chi connectivity index (χ4n) is 4.43. The van der Waals surface area contributed by atoms with Crippen molar-refractivity contribution in [2.24, 2.45) is 0 Å². The van der Waals surface area contributed by atoms with Crippen LogP contribution in [0.2, 0.25) is 0 Å². The summed E-state index contributed by atoms with van der Waals surface area (Å²) in [6.45, 7) is 4.39. The lowest BCUT2D eigenvalue weighted by atomic mass is 10.2. The molecule has 7 nitrogen and oxygen atoms in total. The molecule has 1 fully saturated rings. The van der Waals surface area contributed by atoms with E-state index in [2.05, 4.69) is 9.88 Å². The number of fused-ring (bicyclic) bond motifs is 1. The maximum atomic E-state index is 12.9. The Hall–Kier alpha value is -3.71. The van der Waals surface area contributed by atoms with Crippen LogP contribution >= 0.6 is 0 Å². The quantitative estimate of drug-likeness (QED) is 0.405. The fraction of sp³-hybridized carbons (Fsp3) is 0.296. The largest absolute Gasteiger partial charge is 0.489 e. The minimum absolute atomic E-state index is 0.0463. The van der Waals surface area contributed by atoms with Crippen molar-refractivity contribution in [3.05, 3.63) is 99.5 Å². The lowest BCUT2D eigenvalue weighted by Crippen LogP contribution is -2.25. The third-order valence-corrected chi connectivity index (χ3v) is 6.30. The molecule has 0 atom stereocenters. The molecule has 0 amide bonds. The predicted octanol–water partition coefficient (Wildman–Crippen LogP) is 3.61. The van der Waals surface area contributed by atoms with Gasteiger partial charge in [0.25, 0.3) is 11.1 Å². The van der Waals surface area contributed by atoms with Gasteiger partial charge in [-0.25, -0.2) is 4.98 Å². The van der Waals surface area contributed by atoms with Gasteiger partial charge in [0.05, 0.1) is 22.9 Å².